The van der Waals surface area contributed by atoms with E-state index in [-0.39, 0.29) is 23.4 Å². The molecule has 2 aromatic carbocycles. The Kier molecular flexibility index (Phi) is 3.11. The zero-order chi connectivity index (χ0) is 15.1. The smallest absolute Gasteiger partial charge is 0.170 e. The number of Topliss-reactive ketones (excluding diaryl/α,β-unsaturated/α-hetero) is 1. The van der Waals surface area contributed by atoms with Crippen molar-refractivity contribution in [2.45, 2.75) is 12.3 Å². The van der Waals surface area contributed by atoms with E-state index >= 15 is 0 Å². The number of fused-ring (bicyclic) bond motifs is 2. The fraction of sp³-hybridized carbons (Fsp3) is 0.250. The Balaban J connectivity index is 1.65. The van der Waals surface area contributed by atoms with E-state index in [9.17, 15) is 9.90 Å². The van der Waals surface area contributed by atoms with Crippen LogP contribution in [-0.4, -0.2) is 10.9 Å². The SMILES string of the molecule is O=C(c1ccccc1O)[C@H]1C[C@H]2C=C[C@@H]1[C@H]2c1ccccc1. The Morgan fingerprint density at radius 3 is 2.45 bits per heavy atom. The van der Waals surface area contributed by atoms with Gasteiger partial charge in [-0.25, -0.2) is 0 Å². The summed E-state index contributed by atoms with van der Waals surface area (Å²) >= 11 is 0. The van der Waals surface area contributed by atoms with Gasteiger partial charge >= 0.3 is 0 Å². The standard InChI is InChI=1S/C20H18O2/c21-18-9-5-4-8-16(18)20(22)17-12-14-10-11-15(17)19(14)13-6-2-1-3-7-13/h1-11,14-15,17,19,21H,12H2/t14-,15+,17+,19+/m1/s1. The van der Waals surface area contributed by atoms with Crippen molar-refractivity contribution < 1.29 is 9.90 Å². The maximum atomic E-state index is 12.8. The van der Waals surface area contributed by atoms with Crippen LogP contribution in [-0.2, 0) is 0 Å². The predicted octanol–water partition coefficient (Wildman–Crippen LogP) is 4.18. The van der Waals surface area contributed by atoms with Crippen LogP contribution < -0.4 is 0 Å². The highest BCUT2D eigenvalue weighted by atomic mass is 16.3. The van der Waals surface area contributed by atoms with Gasteiger partial charge in [0.05, 0.1) is 5.56 Å². The van der Waals surface area contributed by atoms with E-state index in [1.807, 2.05) is 12.1 Å². The average molecular weight is 290 g/mol. The van der Waals surface area contributed by atoms with Crippen molar-refractivity contribution in [3.05, 3.63) is 77.9 Å². The van der Waals surface area contributed by atoms with Gasteiger partial charge in [-0.2, -0.15) is 0 Å². The molecule has 22 heavy (non-hydrogen) atoms. The second-order valence-electron chi connectivity index (χ2n) is 6.29. The van der Waals surface area contributed by atoms with Crippen LogP contribution >= 0.6 is 0 Å². The number of allylic oxidation sites excluding steroid dienone is 2. The molecule has 1 N–H and O–H groups in total. The van der Waals surface area contributed by atoms with Crippen LogP contribution in [0.15, 0.2) is 66.7 Å². The highest BCUT2D eigenvalue weighted by molar-refractivity contribution is 6.01. The van der Waals surface area contributed by atoms with Gasteiger partial charge in [-0.15, -0.1) is 0 Å². The maximum absolute atomic E-state index is 12.8. The summed E-state index contributed by atoms with van der Waals surface area (Å²) in [4.78, 5) is 12.8. The van der Waals surface area contributed by atoms with Gasteiger partial charge in [0.2, 0.25) is 0 Å². The fourth-order valence-corrected chi connectivity index (χ4v) is 4.16. The number of aromatic hydroxyl groups is 1. The highest BCUT2D eigenvalue weighted by Gasteiger charge is 2.48. The summed E-state index contributed by atoms with van der Waals surface area (Å²) in [6, 6.07) is 17.3. The molecule has 2 aromatic rings. The minimum absolute atomic E-state index is 0.0199. The van der Waals surface area contributed by atoms with E-state index in [0.717, 1.165) is 6.42 Å². The molecule has 0 aromatic heterocycles. The van der Waals surface area contributed by atoms with Crippen LogP contribution in [0.3, 0.4) is 0 Å². The van der Waals surface area contributed by atoms with Gasteiger partial charge in [-0.3, -0.25) is 4.79 Å². The van der Waals surface area contributed by atoms with Crippen LogP contribution in [0.4, 0.5) is 0 Å². The summed E-state index contributed by atoms with van der Waals surface area (Å²) in [5.74, 6) is 1.24. The van der Waals surface area contributed by atoms with Crippen molar-refractivity contribution in [1.29, 1.82) is 0 Å². The molecular formula is C20H18O2. The monoisotopic (exact) mass is 290 g/mol. The lowest BCUT2D eigenvalue weighted by Crippen LogP contribution is -2.20. The topological polar surface area (TPSA) is 37.3 Å². The van der Waals surface area contributed by atoms with Crippen LogP contribution in [0, 0.1) is 17.8 Å². The van der Waals surface area contributed by atoms with Crippen molar-refractivity contribution in [3.8, 4) is 5.75 Å². The van der Waals surface area contributed by atoms with E-state index in [2.05, 4.69) is 36.4 Å². The third-order valence-electron chi connectivity index (χ3n) is 5.14. The lowest BCUT2D eigenvalue weighted by molar-refractivity contribution is 0.0897. The molecule has 4 rings (SSSR count). The van der Waals surface area contributed by atoms with E-state index in [1.165, 1.54) is 5.56 Å². The summed E-state index contributed by atoms with van der Waals surface area (Å²) in [5, 5.41) is 9.96. The minimum Gasteiger partial charge on any atom is -0.507 e. The van der Waals surface area contributed by atoms with Gasteiger partial charge in [0.15, 0.2) is 5.78 Å². The molecule has 2 aliphatic carbocycles. The molecule has 0 heterocycles. The molecule has 110 valence electrons. The Morgan fingerprint density at radius 1 is 0.955 bits per heavy atom. The Morgan fingerprint density at radius 2 is 1.68 bits per heavy atom. The Labute approximate surface area is 130 Å². The number of benzene rings is 2. The third-order valence-corrected chi connectivity index (χ3v) is 5.14. The van der Waals surface area contributed by atoms with E-state index < -0.39 is 0 Å². The van der Waals surface area contributed by atoms with Crippen LogP contribution in [0.25, 0.3) is 0 Å². The van der Waals surface area contributed by atoms with E-state index in [4.69, 9.17) is 0 Å². The summed E-state index contributed by atoms with van der Waals surface area (Å²) < 4.78 is 0. The lowest BCUT2D eigenvalue weighted by atomic mass is 9.83. The molecule has 0 radical (unpaired) electrons. The van der Waals surface area contributed by atoms with Crippen molar-refractivity contribution in [1.82, 2.24) is 0 Å². The first-order chi connectivity index (χ1) is 10.8. The number of rotatable bonds is 3. The van der Waals surface area contributed by atoms with Gasteiger partial charge in [0, 0.05) is 5.92 Å². The molecule has 2 aliphatic rings. The van der Waals surface area contributed by atoms with Gasteiger partial charge in [-0.1, -0.05) is 54.6 Å². The Hall–Kier alpha value is -2.35. The Bertz CT molecular complexity index is 732. The molecule has 2 bridgehead atoms. The lowest BCUT2D eigenvalue weighted by Gasteiger charge is -2.20. The molecule has 2 heteroatoms. The summed E-state index contributed by atoms with van der Waals surface area (Å²) in [6.07, 6.45) is 5.35. The van der Waals surface area contributed by atoms with Crippen LogP contribution in [0.2, 0.25) is 0 Å². The highest BCUT2D eigenvalue weighted by Crippen LogP contribution is 2.54. The number of carbonyl (C=O) groups excluding carboxylic acids is 1. The predicted molar refractivity (Wildman–Crippen MR) is 85.8 cm³/mol. The van der Waals surface area contributed by atoms with Gasteiger partial charge in [0.25, 0.3) is 0 Å². The first kappa shape index (κ1) is 13.3. The number of phenols is 1. The first-order valence-corrected chi connectivity index (χ1v) is 7.81. The molecular weight excluding hydrogens is 272 g/mol. The number of phenolic OH excluding ortho intramolecular Hbond substituents is 1. The van der Waals surface area contributed by atoms with Crippen LogP contribution in [0.1, 0.15) is 28.3 Å². The second-order valence-corrected chi connectivity index (χ2v) is 6.29. The minimum atomic E-state index is -0.0199. The number of hydrogen-bond acceptors (Lipinski definition) is 2. The zero-order valence-corrected chi connectivity index (χ0v) is 12.2. The van der Waals surface area contributed by atoms with Gasteiger partial charge < -0.3 is 5.11 Å². The molecule has 1 saturated carbocycles. The molecule has 0 amide bonds. The summed E-state index contributed by atoms with van der Waals surface area (Å²) in [5.41, 5.74) is 1.77. The average Bonchev–Trinajstić information content (AvgIpc) is 3.13. The largest absolute Gasteiger partial charge is 0.507 e. The number of ketones is 1. The molecule has 0 aliphatic heterocycles. The summed E-state index contributed by atoms with van der Waals surface area (Å²) in [6.45, 7) is 0. The molecule has 0 spiro atoms. The third kappa shape index (κ3) is 1.98. The molecule has 4 atom stereocenters. The number of carbonyl (C=O) groups is 1. The quantitative estimate of drug-likeness (QED) is 0.680. The van der Waals surface area contributed by atoms with Gasteiger partial charge in [0.1, 0.15) is 5.75 Å². The van der Waals surface area contributed by atoms with Crippen LogP contribution in [0.5, 0.6) is 5.75 Å². The zero-order valence-electron chi connectivity index (χ0n) is 12.2. The normalized spacial score (nSPS) is 28.9. The van der Waals surface area contributed by atoms with Crippen molar-refractivity contribution in [2.24, 2.45) is 17.8 Å². The molecule has 0 saturated heterocycles. The first-order valence-electron chi connectivity index (χ1n) is 7.81. The van der Waals surface area contributed by atoms with E-state index in [1.54, 1.807) is 18.2 Å². The molecule has 0 unspecified atom stereocenters. The van der Waals surface area contributed by atoms with E-state index in [0.29, 0.717) is 17.4 Å². The molecule has 1 fully saturated rings. The number of hydrogen-bond donors (Lipinski definition) is 1. The summed E-state index contributed by atoms with van der Waals surface area (Å²) in [7, 11) is 0. The fourth-order valence-electron chi connectivity index (χ4n) is 4.16. The molecule has 2 nitrogen and oxygen atoms in total. The van der Waals surface area contributed by atoms with Crippen molar-refractivity contribution >= 4 is 5.78 Å². The second kappa shape index (κ2) is 5.13. The van der Waals surface area contributed by atoms with Crippen molar-refractivity contribution in [2.75, 3.05) is 0 Å². The maximum Gasteiger partial charge on any atom is 0.170 e. The number of para-hydroxylation sites is 1. The van der Waals surface area contributed by atoms with Crippen molar-refractivity contribution in [3.63, 3.8) is 0 Å². The van der Waals surface area contributed by atoms with Gasteiger partial charge in [-0.05, 0) is 41.9 Å².